The van der Waals surface area contributed by atoms with Gasteiger partial charge in [-0.25, -0.2) is 17.8 Å². The van der Waals surface area contributed by atoms with E-state index in [-0.39, 0.29) is 10.5 Å². The van der Waals surface area contributed by atoms with Crippen LogP contribution in [0.4, 0.5) is 5.69 Å². The summed E-state index contributed by atoms with van der Waals surface area (Å²) in [5, 5.41) is 30.8. The van der Waals surface area contributed by atoms with Gasteiger partial charge in [-0.3, -0.25) is 5.04 Å². The van der Waals surface area contributed by atoms with Crippen molar-refractivity contribution >= 4 is 72.2 Å². The third-order valence-corrected chi connectivity index (χ3v) is 14.0. The number of rotatable bonds is 9. The zero-order chi connectivity index (χ0) is 43.5. The van der Waals surface area contributed by atoms with E-state index < -0.39 is 26.9 Å². The fraction of sp³-hybridized carbons (Fsp3) is 0.224. The van der Waals surface area contributed by atoms with Gasteiger partial charge in [-0.15, -0.1) is 0 Å². The highest BCUT2D eigenvalue weighted by molar-refractivity contribution is 7.94. The van der Waals surface area contributed by atoms with Gasteiger partial charge in [-0.05, 0) is 102 Å². The number of carbonyl (C=O) groups is 1. The summed E-state index contributed by atoms with van der Waals surface area (Å²) in [6, 6.07) is 30.1. The zero-order valence-corrected chi connectivity index (χ0v) is 36.2. The predicted molar refractivity (Wildman–Crippen MR) is 236 cm³/mol. The van der Waals surface area contributed by atoms with E-state index in [0.29, 0.717) is 42.2 Å². The Balaban J connectivity index is 1.29. The lowest BCUT2D eigenvalue weighted by Gasteiger charge is -2.28. The highest BCUT2D eigenvalue weighted by Gasteiger charge is 2.45. The second-order valence-electron chi connectivity index (χ2n) is 17.9. The van der Waals surface area contributed by atoms with Gasteiger partial charge in [0.1, 0.15) is 21.6 Å². The monoisotopic (exact) mass is 865 g/mol. The first-order valence-electron chi connectivity index (χ1n) is 20.2. The maximum Gasteiger partial charge on any atom is 0.335 e. The molecule has 0 amide bonds. The molecule has 62 heavy (non-hydrogen) atoms. The molecule has 0 aromatic heterocycles. The molecule has 3 aliphatic rings. The number of hydrogen-bond donors (Lipinski definition) is 1. The van der Waals surface area contributed by atoms with E-state index in [0.717, 1.165) is 94.4 Å². The highest BCUT2D eigenvalue weighted by atomic mass is 32.2. The Bertz CT molecular complexity index is 3330. The lowest BCUT2D eigenvalue weighted by molar-refractivity contribution is -0.777. The second-order valence-corrected chi connectivity index (χ2v) is 20.1. The van der Waals surface area contributed by atoms with Crippen LogP contribution >= 0.6 is 12.0 Å². The highest BCUT2D eigenvalue weighted by Crippen LogP contribution is 2.55. The van der Waals surface area contributed by atoms with Gasteiger partial charge in [0.15, 0.2) is 13.1 Å². The van der Waals surface area contributed by atoms with Crippen LogP contribution < -0.4 is 30.0 Å². The quantitative estimate of drug-likeness (QED) is 0.0384. The third kappa shape index (κ3) is 6.62. The first-order valence-corrected chi connectivity index (χ1v) is 22.4. The molecule has 11 nitrogen and oxygen atoms in total. The van der Waals surface area contributed by atoms with Crippen LogP contribution in [0.3, 0.4) is 0 Å². The minimum absolute atomic E-state index is 0.218. The summed E-state index contributed by atoms with van der Waals surface area (Å²) in [4.78, 5) is 14.5. The molecule has 0 saturated carbocycles. The topological polar surface area (TPSA) is 151 Å². The van der Waals surface area contributed by atoms with Gasteiger partial charge in [0.05, 0.1) is 44.6 Å². The molecule has 7 aromatic carbocycles. The molecule has 0 bridgehead atoms. The molecule has 13 heteroatoms. The fourth-order valence-corrected chi connectivity index (χ4v) is 10.9. The van der Waals surface area contributed by atoms with Crippen LogP contribution in [0.25, 0.3) is 38.4 Å². The maximum absolute atomic E-state index is 12.6. The number of carboxylic acid groups (broad SMARTS) is 1. The molecule has 7 aromatic rings. The van der Waals surface area contributed by atoms with Crippen molar-refractivity contribution in [2.75, 3.05) is 18.0 Å². The van der Waals surface area contributed by atoms with Crippen LogP contribution in [0.1, 0.15) is 71.4 Å². The van der Waals surface area contributed by atoms with Crippen LogP contribution in [0.15, 0.2) is 107 Å². The molecule has 0 aliphatic carbocycles. The number of hydrogen-bond acceptors (Lipinski definition) is 10. The summed E-state index contributed by atoms with van der Waals surface area (Å²) in [6.45, 7) is 13.2. The van der Waals surface area contributed by atoms with Crippen molar-refractivity contribution in [3.8, 4) is 11.5 Å². The van der Waals surface area contributed by atoms with E-state index in [9.17, 15) is 28.1 Å². The number of nitrogens with zero attached hydrogens (tertiary/aromatic N) is 2. The van der Waals surface area contributed by atoms with Crippen LogP contribution in [0.5, 0.6) is 11.5 Å². The molecule has 0 radical (unpaired) electrons. The van der Waals surface area contributed by atoms with Gasteiger partial charge in [0, 0.05) is 50.7 Å². The van der Waals surface area contributed by atoms with Crippen molar-refractivity contribution in [3.63, 3.8) is 0 Å². The summed E-state index contributed by atoms with van der Waals surface area (Å²) in [5.41, 5.74) is 6.42. The minimum Gasteiger partial charge on any atom is -0.744 e. The van der Waals surface area contributed by atoms with Crippen molar-refractivity contribution in [2.45, 2.75) is 68.3 Å². The predicted octanol–water partition coefficient (Wildman–Crippen LogP) is 7.50. The van der Waals surface area contributed by atoms with E-state index in [1.807, 2.05) is 30.3 Å². The van der Waals surface area contributed by atoms with Crippen LogP contribution in [0.2, 0.25) is 0 Å². The van der Waals surface area contributed by atoms with Crippen molar-refractivity contribution in [1.29, 1.82) is 0 Å². The zero-order valence-electron chi connectivity index (χ0n) is 34.6. The van der Waals surface area contributed by atoms with Gasteiger partial charge in [0.25, 0.3) is 0 Å². The van der Waals surface area contributed by atoms with E-state index in [2.05, 4.69) is 95.9 Å². The van der Waals surface area contributed by atoms with Crippen LogP contribution in [-0.2, 0) is 43.4 Å². The average molecular weight is 866 g/mol. The van der Waals surface area contributed by atoms with Crippen LogP contribution in [-0.4, -0.2) is 37.1 Å². The van der Waals surface area contributed by atoms with Gasteiger partial charge in [0.2, 0.25) is 5.36 Å². The third-order valence-electron chi connectivity index (χ3n) is 12.6. The molecule has 0 atom stereocenters. The summed E-state index contributed by atoms with van der Waals surface area (Å²) < 4.78 is 52.2. The van der Waals surface area contributed by atoms with Crippen molar-refractivity contribution < 1.29 is 42.2 Å². The summed E-state index contributed by atoms with van der Waals surface area (Å²) in [5.74, 6) is 0.468. The van der Waals surface area contributed by atoms with E-state index in [1.165, 1.54) is 12.1 Å². The first-order chi connectivity index (χ1) is 29.5. The molecule has 1 N–H and O–H groups in total. The molecule has 0 unspecified atom stereocenters. The largest absolute Gasteiger partial charge is 0.744 e. The molecule has 3 aliphatic heterocycles. The number of benzene rings is 7. The van der Waals surface area contributed by atoms with E-state index >= 15 is 0 Å². The lowest BCUT2D eigenvalue weighted by atomic mass is 9.80. The smallest absolute Gasteiger partial charge is 0.335 e. The van der Waals surface area contributed by atoms with Crippen LogP contribution in [0, 0.1) is 6.92 Å². The summed E-state index contributed by atoms with van der Waals surface area (Å²) >= 11 is 0.827. The number of carboxylic acids is 1. The second kappa shape index (κ2) is 14.4. The number of aryl methyl sites for hydroxylation is 1. The van der Waals surface area contributed by atoms with Gasteiger partial charge >= 0.3 is 5.97 Å². The minimum atomic E-state index is -4.78. The fourth-order valence-electron chi connectivity index (χ4n) is 9.99. The normalized spacial score (nSPS) is 15.9. The Labute approximate surface area is 361 Å². The van der Waals surface area contributed by atoms with Crippen molar-refractivity contribution in [1.82, 2.24) is 4.58 Å². The van der Waals surface area contributed by atoms with E-state index in [1.54, 1.807) is 18.2 Å². The number of anilines is 1. The lowest BCUT2D eigenvalue weighted by Crippen LogP contribution is -2.30. The number of ether oxygens (including phenoxy) is 1. The summed E-state index contributed by atoms with van der Waals surface area (Å²) in [7, 11) is -4.78. The Morgan fingerprint density at radius 2 is 1.56 bits per heavy atom. The van der Waals surface area contributed by atoms with Crippen molar-refractivity contribution in [3.05, 3.63) is 147 Å². The summed E-state index contributed by atoms with van der Waals surface area (Å²) in [6.07, 6.45) is 2.17. The molecule has 0 saturated heterocycles. The SMILES string of the molecule is Cc1ccc(C[N+]2=c3c(c4c(c5ccc(S(=O)(=O)[O-])cc35)=Cc3c(c5c(c6cc7cc(SOO[O-])ccc7cc36)N(Cc3ccc(C(=O)O)cc3)CC5(C)C)O4)C(C)(C)C2)cc1. The molecule has 0 fully saturated rings. The standard InChI is InChI=1S/C49H42N2O9S2/c1-27-6-8-28(9-7-27)23-51-26-49(4,5)42-44(51)38-21-34(62(55,56)57)16-17-35(38)39-22-40-36-19-31-14-15-33(61-60-59-54)18-32(31)20-37(36)43-41(46(40)58-45(39)42)48(2,3)25-50(43)24-29-10-12-30(13-11-29)47(52)53/h6-22H,23-26H2,1-5H3,(H2-,52,53,54,55,56,57)/p-1. The van der Waals surface area contributed by atoms with Crippen molar-refractivity contribution in [2.24, 2.45) is 0 Å². The molecule has 0 spiro atoms. The Morgan fingerprint density at radius 3 is 2.27 bits per heavy atom. The Kier molecular flexibility index (Phi) is 9.34. The molecule has 10 rings (SSSR count). The van der Waals surface area contributed by atoms with E-state index in [4.69, 9.17) is 4.74 Å². The van der Waals surface area contributed by atoms with Gasteiger partial charge in [-0.2, -0.15) is 4.33 Å². The van der Waals surface area contributed by atoms with Gasteiger partial charge < -0.3 is 24.6 Å². The average Bonchev–Trinajstić information content (AvgIpc) is 3.66. The molecule has 314 valence electrons. The Hall–Kier alpha value is -5.80. The number of aromatic carboxylic acids is 1. The maximum atomic E-state index is 12.6. The molecule has 3 heterocycles. The first kappa shape index (κ1) is 40.3. The molecular formula is C49H41N2O9S2-. The molecular weight excluding hydrogens is 825 g/mol. The van der Waals surface area contributed by atoms with Gasteiger partial charge in [-0.1, -0.05) is 67.9 Å². The number of fused-ring (bicyclic) bond motifs is 13. The Morgan fingerprint density at radius 1 is 0.839 bits per heavy atom.